The third-order valence-corrected chi connectivity index (χ3v) is 3.46. The lowest BCUT2D eigenvalue weighted by molar-refractivity contribution is -0.151. The zero-order valence-electron chi connectivity index (χ0n) is 11.8. The molecule has 0 atom stereocenters. The summed E-state index contributed by atoms with van der Waals surface area (Å²) in [6, 6.07) is 0. The Morgan fingerprint density at radius 3 is 2.30 bits per heavy atom. The Morgan fingerprint density at radius 1 is 1.25 bits per heavy atom. The lowest BCUT2D eigenvalue weighted by Gasteiger charge is -2.24. The van der Waals surface area contributed by atoms with Crippen molar-refractivity contribution in [2.45, 2.75) is 51.2 Å². The summed E-state index contributed by atoms with van der Waals surface area (Å²) >= 11 is 0. The van der Waals surface area contributed by atoms with Crippen LogP contribution in [-0.2, 0) is 0 Å². The Balaban J connectivity index is 2.35. The SMILES string of the molecule is CCNc1ncnc(NC2(C(F)(F)F)CC2)c1C(C)C. The van der Waals surface area contributed by atoms with Gasteiger partial charge in [-0.25, -0.2) is 9.97 Å². The zero-order chi connectivity index (χ0) is 15.0. The van der Waals surface area contributed by atoms with Crippen LogP contribution in [-0.4, -0.2) is 28.2 Å². The van der Waals surface area contributed by atoms with Crippen molar-refractivity contribution in [1.82, 2.24) is 9.97 Å². The molecule has 112 valence electrons. The lowest BCUT2D eigenvalue weighted by Crippen LogP contribution is -2.39. The molecule has 1 fully saturated rings. The van der Waals surface area contributed by atoms with Crippen LogP contribution in [0.25, 0.3) is 0 Å². The van der Waals surface area contributed by atoms with Gasteiger partial charge in [0.05, 0.1) is 0 Å². The van der Waals surface area contributed by atoms with Crippen LogP contribution < -0.4 is 10.6 Å². The van der Waals surface area contributed by atoms with Crippen LogP contribution in [0.2, 0.25) is 0 Å². The Labute approximate surface area is 116 Å². The highest BCUT2D eigenvalue weighted by atomic mass is 19.4. The standard InChI is InChI=1S/C13H19F3N4/c1-4-17-10-9(8(2)3)11(19-7-18-10)20-12(5-6-12)13(14,15)16/h7-8H,4-6H2,1-3H3,(H2,17,18,19,20). The predicted molar refractivity (Wildman–Crippen MR) is 71.9 cm³/mol. The highest BCUT2D eigenvalue weighted by molar-refractivity contribution is 5.60. The third kappa shape index (κ3) is 2.66. The van der Waals surface area contributed by atoms with Gasteiger partial charge in [0.15, 0.2) is 0 Å². The summed E-state index contributed by atoms with van der Waals surface area (Å²) in [6.07, 6.45) is -2.79. The molecule has 0 amide bonds. The van der Waals surface area contributed by atoms with Crippen LogP contribution in [0.1, 0.15) is 45.1 Å². The van der Waals surface area contributed by atoms with Gasteiger partial charge < -0.3 is 10.6 Å². The molecule has 1 aliphatic carbocycles. The van der Waals surface area contributed by atoms with Gasteiger partial charge in [-0.3, -0.25) is 0 Å². The van der Waals surface area contributed by atoms with Gasteiger partial charge in [-0.1, -0.05) is 13.8 Å². The summed E-state index contributed by atoms with van der Waals surface area (Å²) in [7, 11) is 0. The minimum Gasteiger partial charge on any atom is -0.370 e. The maximum Gasteiger partial charge on any atom is 0.411 e. The Morgan fingerprint density at radius 2 is 1.85 bits per heavy atom. The number of nitrogens with zero attached hydrogens (tertiary/aromatic N) is 2. The second-order valence-electron chi connectivity index (χ2n) is 5.37. The van der Waals surface area contributed by atoms with Gasteiger partial charge in [0.1, 0.15) is 23.5 Å². The van der Waals surface area contributed by atoms with E-state index in [4.69, 9.17) is 0 Å². The number of anilines is 2. The molecule has 20 heavy (non-hydrogen) atoms. The van der Waals surface area contributed by atoms with E-state index < -0.39 is 11.7 Å². The predicted octanol–water partition coefficient (Wildman–Crippen LogP) is 3.54. The van der Waals surface area contributed by atoms with Crippen molar-refractivity contribution in [2.24, 2.45) is 0 Å². The number of hydrogen-bond donors (Lipinski definition) is 2. The van der Waals surface area contributed by atoms with Crippen molar-refractivity contribution in [3.8, 4) is 0 Å². The van der Waals surface area contributed by atoms with Crippen molar-refractivity contribution in [3.05, 3.63) is 11.9 Å². The average molecular weight is 288 g/mol. The van der Waals surface area contributed by atoms with E-state index in [0.29, 0.717) is 17.9 Å². The molecule has 0 unspecified atom stereocenters. The first kappa shape index (κ1) is 14.9. The molecule has 0 spiro atoms. The Kier molecular flexibility index (Phi) is 3.80. The van der Waals surface area contributed by atoms with Crippen molar-refractivity contribution in [2.75, 3.05) is 17.2 Å². The molecule has 7 heteroatoms. The van der Waals surface area contributed by atoms with Gasteiger partial charge in [0.25, 0.3) is 0 Å². The van der Waals surface area contributed by atoms with E-state index in [1.165, 1.54) is 6.33 Å². The highest BCUT2D eigenvalue weighted by Gasteiger charge is 2.64. The Hall–Kier alpha value is -1.53. The van der Waals surface area contributed by atoms with Gasteiger partial charge in [-0.2, -0.15) is 13.2 Å². The zero-order valence-corrected chi connectivity index (χ0v) is 11.8. The average Bonchev–Trinajstić information content (AvgIpc) is 3.09. The third-order valence-electron chi connectivity index (χ3n) is 3.46. The molecule has 0 saturated heterocycles. The molecule has 0 aliphatic heterocycles. The van der Waals surface area contributed by atoms with Crippen LogP contribution in [0.4, 0.5) is 24.8 Å². The van der Waals surface area contributed by atoms with Crippen LogP contribution >= 0.6 is 0 Å². The van der Waals surface area contributed by atoms with E-state index in [9.17, 15) is 13.2 Å². The second-order valence-corrected chi connectivity index (χ2v) is 5.37. The molecule has 1 aromatic heterocycles. The molecule has 2 rings (SSSR count). The summed E-state index contributed by atoms with van der Waals surface area (Å²) in [6.45, 7) is 6.40. The smallest absolute Gasteiger partial charge is 0.370 e. The molecule has 4 nitrogen and oxygen atoms in total. The Bertz CT molecular complexity index is 481. The van der Waals surface area contributed by atoms with Crippen molar-refractivity contribution in [1.29, 1.82) is 0 Å². The van der Waals surface area contributed by atoms with Crippen molar-refractivity contribution >= 4 is 11.6 Å². The maximum atomic E-state index is 13.0. The molecule has 1 heterocycles. The molecule has 1 aliphatic rings. The fraction of sp³-hybridized carbons (Fsp3) is 0.692. The first-order valence-corrected chi connectivity index (χ1v) is 6.74. The molecule has 0 aromatic carbocycles. The molecular weight excluding hydrogens is 269 g/mol. The summed E-state index contributed by atoms with van der Waals surface area (Å²) in [4.78, 5) is 8.14. The second kappa shape index (κ2) is 5.10. The number of aromatic nitrogens is 2. The normalized spacial score (nSPS) is 17.1. The molecule has 2 N–H and O–H groups in total. The van der Waals surface area contributed by atoms with Crippen LogP contribution in [0, 0.1) is 0 Å². The number of hydrogen-bond acceptors (Lipinski definition) is 4. The summed E-state index contributed by atoms with van der Waals surface area (Å²) in [5.74, 6) is 0.899. The minimum absolute atomic E-state index is 0.0248. The molecule has 1 aromatic rings. The van der Waals surface area contributed by atoms with Crippen LogP contribution in [0.15, 0.2) is 6.33 Å². The first-order chi connectivity index (χ1) is 9.31. The summed E-state index contributed by atoms with van der Waals surface area (Å²) in [5.41, 5.74) is -1.11. The molecule has 1 saturated carbocycles. The van der Waals surface area contributed by atoms with Gasteiger partial charge in [-0.15, -0.1) is 0 Å². The summed E-state index contributed by atoms with van der Waals surface area (Å²) < 4.78 is 39.1. The number of rotatable bonds is 5. The van der Waals surface area contributed by atoms with Gasteiger partial charge in [0, 0.05) is 12.1 Å². The first-order valence-electron chi connectivity index (χ1n) is 6.74. The van der Waals surface area contributed by atoms with Crippen LogP contribution in [0.5, 0.6) is 0 Å². The fourth-order valence-electron chi connectivity index (χ4n) is 2.18. The number of alkyl halides is 3. The van der Waals surface area contributed by atoms with E-state index in [1.54, 1.807) is 0 Å². The summed E-state index contributed by atoms with van der Waals surface area (Å²) in [5, 5.41) is 5.67. The largest absolute Gasteiger partial charge is 0.411 e. The quantitative estimate of drug-likeness (QED) is 0.870. The van der Waals surface area contributed by atoms with E-state index in [0.717, 1.165) is 0 Å². The van der Waals surface area contributed by atoms with Crippen molar-refractivity contribution in [3.63, 3.8) is 0 Å². The van der Waals surface area contributed by atoms with Gasteiger partial charge in [-0.05, 0) is 25.7 Å². The number of halogens is 3. The minimum atomic E-state index is -4.26. The monoisotopic (exact) mass is 288 g/mol. The van der Waals surface area contributed by atoms with E-state index in [1.807, 2.05) is 20.8 Å². The molecule has 0 radical (unpaired) electrons. The highest BCUT2D eigenvalue weighted by Crippen LogP contribution is 2.51. The lowest BCUT2D eigenvalue weighted by atomic mass is 10.0. The van der Waals surface area contributed by atoms with E-state index >= 15 is 0 Å². The van der Waals surface area contributed by atoms with E-state index in [-0.39, 0.29) is 24.6 Å². The number of nitrogens with one attached hydrogen (secondary N) is 2. The van der Waals surface area contributed by atoms with Gasteiger partial charge in [0.2, 0.25) is 0 Å². The topological polar surface area (TPSA) is 49.8 Å². The molecule has 0 bridgehead atoms. The van der Waals surface area contributed by atoms with Gasteiger partial charge >= 0.3 is 6.18 Å². The van der Waals surface area contributed by atoms with Crippen molar-refractivity contribution < 1.29 is 13.2 Å². The fourth-order valence-corrected chi connectivity index (χ4v) is 2.18. The maximum absolute atomic E-state index is 13.0. The van der Waals surface area contributed by atoms with Crippen LogP contribution in [0.3, 0.4) is 0 Å². The van der Waals surface area contributed by atoms with E-state index in [2.05, 4.69) is 20.6 Å². The molecular formula is C13H19F3N4.